The molecule has 0 aromatic carbocycles. The zero-order valence-electron chi connectivity index (χ0n) is 15.3. The van der Waals surface area contributed by atoms with Crippen LogP contribution in [-0.4, -0.2) is 48.7 Å². The van der Waals surface area contributed by atoms with Gasteiger partial charge in [0.25, 0.3) is 0 Å². The average molecular weight is 502 g/mol. The van der Waals surface area contributed by atoms with Gasteiger partial charge >= 0.3 is 0 Å². The minimum absolute atomic E-state index is 0. The maximum atomic E-state index is 6.09. The maximum absolute atomic E-state index is 6.09. The third-order valence-corrected chi connectivity index (χ3v) is 5.40. The first-order chi connectivity index (χ1) is 11.5. The molecule has 1 aliphatic heterocycles. The molecular formula is C17H30Cl2IN5. The first kappa shape index (κ1) is 22.9. The molecule has 1 atom stereocenters. The number of halogens is 3. The van der Waals surface area contributed by atoms with Crippen LogP contribution in [0.1, 0.15) is 31.9 Å². The second-order valence-electron chi connectivity index (χ2n) is 6.59. The molecule has 1 aromatic rings. The summed E-state index contributed by atoms with van der Waals surface area (Å²) in [6.07, 6.45) is 3.83. The van der Waals surface area contributed by atoms with Crippen LogP contribution in [0, 0.1) is 5.92 Å². The van der Waals surface area contributed by atoms with Crippen LogP contribution in [0.15, 0.2) is 11.1 Å². The predicted molar refractivity (Wildman–Crippen MR) is 119 cm³/mol. The fourth-order valence-corrected chi connectivity index (χ4v) is 3.57. The maximum Gasteiger partial charge on any atom is 0.191 e. The largest absolute Gasteiger partial charge is 0.356 e. The number of guanidine groups is 1. The number of nitrogens with zero attached hydrogens (tertiary/aromatic N) is 3. The standard InChI is InChI=1S/C17H29Cl2N5.HI/c1-13-6-4-8-24(12-13)9-5-7-21-17(20-2)22-11-14-10-15(18)16(19)23(14)3;/h10,13H,4-9,11-12H2,1-3H3,(H2,20,21,22);1H. The molecule has 0 saturated carbocycles. The van der Waals surface area contributed by atoms with Crippen LogP contribution in [0.3, 0.4) is 0 Å². The minimum Gasteiger partial charge on any atom is -0.356 e. The van der Waals surface area contributed by atoms with Crippen LogP contribution >= 0.6 is 47.2 Å². The molecule has 5 nitrogen and oxygen atoms in total. The Labute approximate surface area is 178 Å². The van der Waals surface area contributed by atoms with E-state index < -0.39 is 0 Å². The minimum atomic E-state index is 0. The summed E-state index contributed by atoms with van der Waals surface area (Å²) in [7, 11) is 3.69. The zero-order chi connectivity index (χ0) is 17.5. The molecule has 25 heavy (non-hydrogen) atoms. The van der Waals surface area contributed by atoms with E-state index in [1.165, 1.54) is 25.9 Å². The molecule has 0 radical (unpaired) electrons. The summed E-state index contributed by atoms with van der Waals surface area (Å²) in [6, 6.07) is 1.88. The first-order valence-corrected chi connectivity index (χ1v) is 9.43. The zero-order valence-corrected chi connectivity index (χ0v) is 19.2. The third kappa shape index (κ3) is 7.15. The number of likely N-dealkylation sites (tertiary alicyclic amines) is 1. The number of aromatic nitrogens is 1. The summed E-state index contributed by atoms with van der Waals surface area (Å²) in [4.78, 5) is 6.83. The Morgan fingerprint density at radius 1 is 1.36 bits per heavy atom. The molecule has 1 aliphatic rings. The van der Waals surface area contributed by atoms with E-state index in [4.69, 9.17) is 23.2 Å². The lowest BCUT2D eigenvalue weighted by molar-refractivity contribution is 0.182. The first-order valence-electron chi connectivity index (χ1n) is 8.67. The number of aliphatic imine (C=N–C) groups is 1. The highest BCUT2D eigenvalue weighted by Crippen LogP contribution is 2.24. The SMILES string of the molecule is CN=C(NCCCN1CCCC(C)C1)NCc1cc(Cl)c(Cl)n1C.I. The van der Waals surface area contributed by atoms with Gasteiger partial charge in [-0.05, 0) is 44.3 Å². The van der Waals surface area contributed by atoms with Crippen molar-refractivity contribution in [2.75, 3.05) is 33.2 Å². The molecule has 0 aliphatic carbocycles. The van der Waals surface area contributed by atoms with Crippen LogP contribution < -0.4 is 10.6 Å². The van der Waals surface area contributed by atoms with Gasteiger partial charge in [-0.1, -0.05) is 30.1 Å². The fourth-order valence-electron chi connectivity index (χ4n) is 3.15. The van der Waals surface area contributed by atoms with Crippen LogP contribution in [0.2, 0.25) is 10.2 Å². The van der Waals surface area contributed by atoms with Gasteiger partial charge in [-0.25, -0.2) is 0 Å². The van der Waals surface area contributed by atoms with Crippen LogP contribution in [0.25, 0.3) is 0 Å². The normalized spacial score (nSPS) is 18.8. The fraction of sp³-hybridized carbons (Fsp3) is 0.706. The van der Waals surface area contributed by atoms with Crippen molar-refractivity contribution in [3.8, 4) is 0 Å². The second-order valence-corrected chi connectivity index (χ2v) is 7.35. The molecule has 0 spiro atoms. The molecule has 1 aromatic heterocycles. The molecule has 1 fully saturated rings. The van der Waals surface area contributed by atoms with Crippen molar-refractivity contribution < 1.29 is 0 Å². The molecular weight excluding hydrogens is 472 g/mol. The van der Waals surface area contributed by atoms with E-state index in [0.29, 0.717) is 16.7 Å². The molecule has 0 amide bonds. The van der Waals surface area contributed by atoms with Gasteiger partial charge in [0, 0.05) is 32.9 Å². The highest BCUT2D eigenvalue weighted by Gasteiger charge is 2.15. The highest BCUT2D eigenvalue weighted by molar-refractivity contribution is 14.0. The number of hydrogen-bond donors (Lipinski definition) is 2. The van der Waals surface area contributed by atoms with E-state index in [1.54, 1.807) is 7.05 Å². The van der Waals surface area contributed by atoms with Gasteiger partial charge in [-0.15, -0.1) is 24.0 Å². The van der Waals surface area contributed by atoms with Crippen molar-refractivity contribution in [1.29, 1.82) is 0 Å². The van der Waals surface area contributed by atoms with Crippen molar-refractivity contribution in [2.45, 2.75) is 32.7 Å². The Balaban J connectivity index is 0.00000312. The summed E-state index contributed by atoms with van der Waals surface area (Å²) < 4.78 is 1.88. The smallest absolute Gasteiger partial charge is 0.191 e. The molecule has 2 rings (SSSR count). The van der Waals surface area contributed by atoms with Crippen molar-refractivity contribution in [2.24, 2.45) is 18.0 Å². The van der Waals surface area contributed by atoms with Crippen LogP contribution in [-0.2, 0) is 13.6 Å². The monoisotopic (exact) mass is 501 g/mol. The van der Waals surface area contributed by atoms with Crippen LogP contribution in [0.4, 0.5) is 0 Å². The van der Waals surface area contributed by atoms with Crippen molar-refractivity contribution >= 4 is 53.1 Å². The molecule has 1 unspecified atom stereocenters. The number of rotatable bonds is 6. The van der Waals surface area contributed by atoms with Gasteiger partial charge in [-0.2, -0.15) is 0 Å². The second kappa shape index (κ2) is 11.5. The third-order valence-electron chi connectivity index (χ3n) is 4.56. The van der Waals surface area contributed by atoms with E-state index in [-0.39, 0.29) is 24.0 Å². The quantitative estimate of drug-likeness (QED) is 0.270. The summed E-state index contributed by atoms with van der Waals surface area (Å²) >= 11 is 12.1. The van der Waals surface area contributed by atoms with Gasteiger partial charge in [0.1, 0.15) is 5.15 Å². The van der Waals surface area contributed by atoms with Crippen molar-refractivity contribution in [1.82, 2.24) is 20.1 Å². The molecule has 144 valence electrons. The van der Waals surface area contributed by atoms with Crippen molar-refractivity contribution in [3.63, 3.8) is 0 Å². The van der Waals surface area contributed by atoms with Crippen molar-refractivity contribution in [3.05, 3.63) is 21.9 Å². The van der Waals surface area contributed by atoms with Gasteiger partial charge in [0.2, 0.25) is 0 Å². The Morgan fingerprint density at radius 2 is 2.12 bits per heavy atom. The Hall–Kier alpha value is -0.180. The lowest BCUT2D eigenvalue weighted by Crippen LogP contribution is -2.40. The highest BCUT2D eigenvalue weighted by atomic mass is 127. The summed E-state index contributed by atoms with van der Waals surface area (Å²) in [6.45, 7) is 7.52. The van der Waals surface area contributed by atoms with E-state index in [1.807, 2.05) is 17.7 Å². The lowest BCUT2D eigenvalue weighted by Gasteiger charge is -2.30. The summed E-state index contributed by atoms with van der Waals surface area (Å²) in [5.74, 6) is 1.64. The Morgan fingerprint density at radius 3 is 2.72 bits per heavy atom. The molecule has 0 bridgehead atoms. The van der Waals surface area contributed by atoms with Crippen LogP contribution in [0.5, 0.6) is 0 Å². The predicted octanol–water partition coefficient (Wildman–Crippen LogP) is 3.74. The van der Waals surface area contributed by atoms with Gasteiger partial charge < -0.3 is 20.1 Å². The lowest BCUT2D eigenvalue weighted by atomic mass is 10.0. The van der Waals surface area contributed by atoms with Gasteiger partial charge in [-0.3, -0.25) is 4.99 Å². The Kier molecular flexibility index (Phi) is 10.5. The molecule has 1 saturated heterocycles. The van der Waals surface area contributed by atoms with Gasteiger partial charge in [0.15, 0.2) is 5.96 Å². The molecule has 2 N–H and O–H groups in total. The van der Waals surface area contributed by atoms with Gasteiger partial charge in [0.05, 0.1) is 11.6 Å². The topological polar surface area (TPSA) is 44.6 Å². The molecule has 8 heteroatoms. The Bertz CT molecular complexity index is 561. The average Bonchev–Trinajstić information content (AvgIpc) is 2.81. The van der Waals surface area contributed by atoms with E-state index in [2.05, 4.69) is 27.4 Å². The van der Waals surface area contributed by atoms with E-state index in [0.717, 1.165) is 37.1 Å². The number of hydrogen-bond acceptors (Lipinski definition) is 2. The van der Waals surface area contributed by atoms with E-state index >= 15 is 0 Å². The summed E-state index contributed by atoms with van der Waals surface area (Å²) in [5, 5.41) is 7.81. The van der Waals surface area contributed by atoms with E-state index in [9.17, 15) is 0 Å². The molecule has 2 heterocycles. The number of nitrogens with one attached hydrogen (secondary N) is 2. The number of piperidine rings is 1. The summed E-state index contributed by atoms with van der Waals surface area (Å²) in [5.41, 5.74) is 1.02.